The Balaban J connectivity index is 1.37. The fourth-order valence-corrected chi connectivity index (χ4v) is 6.37. The maximum Gasteiger partial charge on any atom is 0.275 e. The maximum absolute atomic E-state index is 14.8. The van der Waals surface area contributed by atoms with Gasteiger partial charge in [-0.25, -0.2) is 28.1 Å². The van der Waals surface area contributed by atoms with E-state index in [0.717, 1.165) is 24.2 Å². The molecule has 47 heavy (non-hydrogen) atoms. The van der Waals surface area contributed by atoms with E-state index in [4.69, 9.17) is 10.1 Å². The molecule has 3 atom stereocenters. The van der Waals surface area contributed by atoms with Crippen LogP contribution in [-0.4, -0.2) is 89.5 Å². The summed E-state index contributed by atoms with van der Waals surface area (Å²) in [6.45, 7) is 9.91. The number of amides is 1. The van der Waals surface area contributed by atoms with E-state index in [1.807, 2.05) is 4.90 Å². The lowest BCUT2D eigenvalue weighted by atomic mass is 10.0. The number of carbonyl (C=O) groups excluding carboxylic acids is 1. The number of hydrogen-bond donors (Lipinski definition) is 4. The number of β-amino-alcohol motifs (C(OH)–C–C–N with tert-alkyl or cyclic N) is 1. The van der Waals surface area contributed by atoms with Crippen molar-refractivity contribution in [2.24, 2.45) is 0 Å². The molecule has 2 aliphatic rings. The van der Waals surface area contributed by atoms with Gasteiger partial charge in [0, 0.05) is 39.8 Å². The molecular weight excluding hydrogens is 629 g/mol. The van der Waals surface area contributed by atoms with E-state index in [2.05, 4.69) is 45.2 Å². The Morgan fingerprint density at radius 3 is 2.64 bits per heavy atom. The molecule has 11 nitrogen and oxygen atoms in total. The molecule has 5 rings (SSSR count). The summed E-state index contributed by atoms with van der Waals surface area (Å²) >= 11 is 0. The predicted molar refractivity (Wildman–Crippen MR) is 176 cm³/mol. The summed E-state index contributed by atoms with van der Waals surface area (Å²) in [7, 11) is -1.32. The van der Waals surface area contributed by atoms with Gasteiger partial charge in [0.15, 0.2) is 0 Å². The Morgan fingerprint density at radius 2 is 1.96 bits per heavy atom. The van der Waals surface area contributed by atoms with Crippen LogP contribution in [0.1, 0.15) is 47.4 Å². The number of likely N-dealkylation sites (tertiary alicyclic amines) is 1. The van der Waals surface area contributed by atoms with Crippen molar-refractivity contribution in [3.8, 4) is 0 Å². The standard InChI is InChI=1S/C32H41F3N8O3Si/c1-32(45)7-8-42(18-32)28-16-37-26(15-38-28)31(44)41-22-13-24(30(39-14-22)40-19-46-9-10-47(2,3)4)29(36)43-17-21(34)12-27(43)23-11-20(33)5-6-25(23)35/h5-6,11,13-16,21,27,36,45H,7-10,12,17-19H2,1-4H3,(H,39,40)(H,41,44)/t21-,27+,32?/m0/s1. The molecule has 0 bridgehead atoms. The van der Waals surface area contributed by atoms with Crippen molar-refractivity contribution in [1.29, 1.82) is 5.41 Å². The van der Waals surface area contributed by atoms with Gasteiger partial charge in [0.2, 0.25) is 0 Å². The van der Waals surface area contributed by atoms with Crippen LogP contribution in [0.15, 0.2) is 42.9 Å². The summed E-state index contributed by atoms with van der Waals surface area (Å²) in [4.78, 5) is 29.4. The predicted octanol–water partition coefficient (Wildman–Crippen LogP) is 5.20. The summed E-state index contributed by atoms with van der Waals surface area (Å²) in [6, 6.07) is 4.54. The monoisotopic (exact) mass is 670 g/mol. The number of halogens is 3. The molecule has 4 heterocycles. The Kier molecular flexibility index (Phi) is 10.2. The average molecular weight is 671 g/mol. The van der Waals surface area contributed by atoms with Crippen molar-refractivity contribution in [3.05, 3.63) is 71.3 Å². The van der Waals surface area contributed by atoms with Crippen molar-refractivity contribution >= 4 is 37.1 Å². The maximum atomic E-state index is 14.8. The molecule has 252 valence electrons. The number of alkyl halides is 1. The van der Waals surface area contributed by atoms with E-state index in [1.165, 1.54) is 29.6 Å². The van der Waals surface area contributed by atoms with E-state index >= 15 is 0 Å². The molecular formula is C32H41F3N8O3Si. The van der Waals surface area contributed by atoms with Crippen molar-refractivity contribution in [1.82, 2.24) is 19.9 Å². The number of aromatic nitrogens is 3. The first-order valence-electron chi connectivity index (χ1n) is 15.6. The number of ether oxygens (including phenoxy) is 1. The highest BCUT2D eigenvalue weighted by molar-refractivity contribution is 6.76. The number of carbonyl (C=O) groups is 1. The van der Waals surface area contributed by atoms with Crippen LogP contribution >= 0.6 is 0 Å². The number of nitrogens with zero attached hydrogens (tertiary/aromatic N) is 5. The van der Waals surface area contributed by atoms with E-state index in [-0.39, 0.29) is 53.9 Å². The second kappa shape index (κ2) is 14.0. The zero-order valence-corrected chi connectivity index (χ0v) is 28.0. The third-order valence-electron chi connectivity index (χ3n) is 8.24. The Labute approximate surface area is 273 Å². The number of pyridine rings is 1. The Bertz CT molecular complexity index is 1610. The van der Waals surface area contributed by atoms with Gasteiger partial charge in [-0.15, -0.1) is 0 Å². The molecule has 15 heteroatoms. The fraction of sp³-hybridized carbons (Fsp3) is 0.469. The van der Waals surface area contributed by atoms with Crippen LogP contribution < -0.4 is 15.5 Å². The number of anilines is 3. The number of aliphatic hydroxyl groups is 1. The zero-order valence-electron chi connectivity index (χ0n) is 27.0. The first-order chi connectivity index (χ1) is 22.2. The highest BCUT2D eigenvalue weighted by Gasteiger charge is 2.38. The molecule has 0 saturated carbocycles. The van der Waals surface area contributed by atoms with Gasteiger partial charge >= 0.3 is 0 Å². The van der Waals surface area contributed by atoms with Gasteiger partial charge in [-0.2, -0.15) is 0 Å². The van der Waals surface area contributed by atoms with Crippen LogP contribution in [0.3, 0.4) is 0 Å². The van der Waals surface area contributed by atoms with Gasteiger partial charge in [-0.1, -0.05) is 19.6 Å². The summed E-state index contributed by atoms with van der Waals surface area (Å²) in [5, 5.41) is 25.2. The van der Waals surface area contributed by atoms with Gasteiger partial charge in [0.25, 0.3) is 5.91 Å². The molecule has 0 radical (unpaired) electrons. The van der Waals surface area contributed by atoms with Crippen LogP contribution in [0.5, 0.6) is 0 Å². The van der Waals surface area contributed by atoms with Gasteiger partial charge < -0.3 is 30.3 Å². The van der Waals surface area contributed by atoms with Gasteiger partial charge in [0.05, 0.1) is 48.0 Å². The summed E-state index contributed by atoms with van der Waals surface area (Å²) in [5.41, 5.74) is -0.393. The first-order valence-corrected chi connectivity index (χ1v) is 19.3. The molecule has 1 unspecified atom stereocenters. The third-order valence-corrected chi connectivity index (χ3v) is 9.94. The van der Waals surface area contributed by atoms with Crippen LogP contribution in [0.2, 0.25) is 25.7 Å². The number of hydrogen-bond acceptors (Lipinski definition) is 9. The lowest BCUT2D eigenvalue weighted by Gasteiger charge is -2.28. The summed E-state index contributed by atoms with van der Waals surface area (Å²) in [6.07, 6.45) is 3.30. The largest absolute Gasteiger partial charge is 0.388 e. The topological polar surface area (TPSA) is 140 Å². The number of rotatable bonds is 11. The lowest BCUT2D eigenvalue weighted by Crippen LogP contribution is -2.33. The van der Waals surface area contributed by atoms with Crippen molar-refractivity contribution in [3.63, 3.8) is 0 Å². The zero-order chi connectivity index (χ0) is 33.9. The van der Waals surface area contributed by atoms with E-state index in [1.54, 1.807) is 6.92 Å². The molecule has 1 aromatic carbocycles. The van der Waals surface area contributed by atoms with Crippen LogP contribution in [0.4, 0.5) is 30.5 Å². The minimum absolute atomic E-state index is 0.0378. The fourth-order valence-electron chi connectivity index (χ4n) is 5.61. The minimum atomic E-state index is -1.38. The van der Waals surface area contributed by atoms with Crippen LogP contribution in [-0.2, 0) is 4.74 Å². The first kappa shape index (κ1) is 34.3. The third kappa shape index (κ3) is 8.64. The smallest absolute Gasteiger partial charge is 0.275 e. The van der Waals surface area contributed by atoms with Gasteiger partial charge in [-0.05, 0) is 43.7 Å². The lowest BCUT2D eigenvalue weighted by molar-refractivity contribution is 0.0838. The Hall–Kier alpha value is -4.08. The molecule has 2 aromatic heterocycles. The minimum Gasteiger partial charge on any atom is -0.388 e. The summed E-state index contributed by atoms with van der Waals surface area (Å²) in [5.74, 6) is -1.33. The van der Waals surface area contributed by atoms with Crippen LogP contribution in [0.25, 0.3) is 0 Å². The number of benzene rings is 1. The molecule has 1 amide bonds. The van der Waals surface area contributed by atoms with Crippen LogP contribution in [0, 0.1) is 17.0 Å². The Morgan fingerprint density at radius 1 is 1.17 bits per heavy atom. The van der Waals surface area contributed by atoms with Gasteiger partial charge in [-0.3, -0.25) is 10.2 Å². The van der Waals surface area contributed by atoms with Crippen molar-refractivity contribution < 1.29 is 27.8 Å². The number of amidine groups is 1. The van der Waals surface area contributed by atoms with E-state index < -0.39 is 43.4 Å². The highest BCUT2D eigenvalue weighted by atomic mass is 28.3. The number of nitrogens with one attached hydrogen (secondary N) is 3. The summed E-state index contributed by atoms with van der Waals surface area (Å²) < 4.78 is 49.5. The second-order valence-electron chi connectivity index (χ2n) is 13.6. The molecule has 0 spiro atoms. The molecule has 2 fully saturated rings. The van der Waals surface area contributed by atoms with Crippen molar-refractivity contribution in [2.75, 3.05) is 48.5 Å². The molecule has 0 aliphatic carbocycles. The quantitative estimate of drug-likeness (QED) is 0.0713. The normalized spacial score (nSPS) is 21.3. The SMILES string of the molecule is CC1(O)CCN(c2cnc(C(=O)Nc3cnc(NCOCC[Si](C)(C)C)c(C(=N)N4C[C@@H](F)C[C@@H]4c4cc(F)ccc4F)c3)cn2)C1. The second-order valence-corrected chi connectivity index (χ2v) is 19.2. The molecule has 2 aliphatic heterocycles. The molecule has 2 saturated heterocycles. The van der Waals surface area contributed by atoms with E-state index in [0.29, 0.717) is 31.9 Å². The highest BCUT2D eigenvalue weighted by Crippen LogP contribution is 2.37. The van der Waals surface area contributed by atoms with Crippen molar-refractivity contribution in [2.45, 2.75) is 63.3 Å². The average Bonchev–Trinajstić information content (AvgIpc) is 3.59. The van der Waals surface area contributed by atoms with E-state index in [9.17, 15) is 23.1 Å². The van der Waals surface area contributed by atoms with Gasteiger partial charge in [0.1, 0.15) is 47.7 Å². The molecule has 4 N–H and O–H groups in total. The molecule has 3 aromatic rings.